The molecule has 8 nitrogen and oxygen atoms in total. The topological polar surface area (TPSA) is 105 Å². The number of nitrogens with zero attached hydrogens (tertiary/aromatic N) is 1. The Morgan fingerprint density at radius 3 is 2.61 bits per heavy atom. The molecule has 2 amide bonds. The minimum Gasteiger partial charge on any atom is -0.479 e. The van der Waals surface area contributed by atoms with E-state index in [-0.39, 0.29) is 17.3 Å². The van der Waals surface area contributed by atoms with Crippen molar-refractivity contribution in [1.29, 1.82) is 0 Å². The molecule has 0 aromatic heterocycles. The molecule has 1 aliphatic rings. The average molecular weight is 439 g/mol. The van der Waals surface area contributed by atoms with Gasteiger partial charge in [-0.1, -0.05) is 30.3 Å². The Bertz CT molecular complexity index is 1290. The molecule has 1 heterocycles. The molecule has 3 aromatic carbocycles. The number of nitrogens with one attached hydrogen (secondary N) is 2. The highest BCUT2D eigenvalue weighted by molar-refractivity contribution is 7.89. The van der Waals surface area contributed by atoms with Crippen LogP contribution in [-0.2, 0) is 19.6 Å². The number of ether oxygens (including phenoxy) is 1. The van der Waals surface area contributed by atoms with Crippen LogP contribution in [0.4, 0.5) is 11.4 Å². The Hall–Kier alpha value is -3.43. The lowest BCUT2D eigenvalue weighted by Crippen LogP contribution is -2.35. The van der Waals surface area contributed by atoms with Crippen LogP contribution in [0.1, 0.15) is 6.92 Å². The second-order valence-corrected chi connectivity index (χ2v) is 9.32. The van der Waals surface area contributed by atoms with Gasteiger partial charge >= 0.3 is 0 Å². The maximum atomic E-state index is 12.9. The minimum atomic E-state index is -3.85. The van der Waals surface area contributed by atoms with Gasteiger partial charge in [-0.2, -0.15) is 4.31 Å². The Balaban J connectivity index is 1.46. The molecule has 4 rings (SSSR count). The van der Waals surface area contributed by atoms with Gasteiger partial charge < -0.3 is 15.4 Å². The first-order valence-electron chi connectivity index (χ1n) is 9.60. The molecule has 0 spiro atoms. The second kappa shape index (κ2) is 8.01. The monoisotopic (exact) mass is 439 g/mol. The van der Waals surface area contributed by atoms with Crippen molar-refractivity contribution in [3.8, 4) is 5.75 Å². The number of likely N-dealkylation sites (N-methyl/N-ethyl adjacent to an activating group) is 1. The highest BCUT2D eigenvalue weighted by atomic mass is 32.2. The summed E-state index contributed by atoms with van der Waals surface area (Å²) >= 11 is 0. The molecule has 0 saturated heterocycles. The molecule has 0 unspecified atom stereocenters. The van der Waals surface area contributed by atoms with Crippen molar-refractivity contribution in [1.82, 2.24) is 4.31 Å². The Labute approximate surface area is 179 Å². The van der Waals surface area contributed by atoms with E-state index in [4.69, 9.17) is 4.74 Å². The summed E-state index contributed by atoms with van der Waals surface area (Å²) in [4.78, 5) is 24.3. The lowest BCUT2D eigenvalue weighted by atomic mass is 10.1. The van der Waals surface area contributed by atoms with Gasteiger partial charge in [0.1, 0.15) is 5.75 Å². The number of benzene rings is 3. The van der Waals surface area contributed by atoms with Crippen molar-refractivity contribution in [3.63, 3.8) is 0 Å². The molecule has 1 aliphatic heterocycles. The molecular formula is C22H21N3O5S. The van der Waals surface area contributed by atoms with Gasteiger partial charge in [0.15, 0.2) is 6.10 Å². The number of hydrogen-bond acceptors (Lipinski definition) is 5. The third-order valence-electron chi connectivity index (χ3n) is 4.99. The SMILES string of the molecule is C[C@@H]1Oc2ccc(NC(=O)CN(C)S(=O)(=O)c3ccc4ccccc4c3)cc2NC1=O. The molecule has 0 fully saturated rings. The van der Waals surface area contributed by atoms with E-state index in [1.165, 1.54) is 13.1 Å². The van der Waals surface area contributed by atoms with Gasteiger partial charge in [-0.05, 0) is 48.0 Å². The molecule has 9 heteroatoms. The summed E-state index contributed by atoms with van der Waals surface area (Å²) in [7, 11) is -2.50. The van der Waals surface area contributed by atoms with Gasteiger partial charge in [0.2, 0.25) is 15.9 Å². The Morgan fingerprint density at radius 2 is 1.84 bits per heavy atom. The maximum absolute atomic E-state index is 12.9. The number of rotatable bonds is 5. The van der Waals surface area contributed by atoms with E-state index < -0.39 is 22.0 Å². The van der Waals surface area contributed by atoms with Crippen molar-refractivity contribution in [2.24, 2.45) is 0 Å². The summed E-state index contributed by atoms with van der Waals surface area (Å²) < 4.78 is 32.3. The van der Waals surface area contributed by atoms with Crippen molar-refractivity contribution >= 4 is 44.0 Å². The Kier molecular flexibility index (Phi) is 5.38. The summed E-state index contributed by atoms with van der Waals surface area (Å²) in [5.41, 5.74) is 0.858. The molecule has 160 valence electrons. The van der Waals surface area contributed by atoms with E-state index in [1.54, 1.807) is 37.3 Å². The zero-order valence-corrected chi connectivity index (χ0v) is 17.8. The zero-order chi connectivity index (χ0) is 22.2. The van der Waals surface area contributed by atoms with Gasteiger partial charge in [0.25, 0.3) is 5.91 Å². The van der Waals surface area contributed by atoms with Crippen molar-refractivity contribution in [2.75, 3.05) is 24.2 Å². The predicted molar refractivity (Wildman–Crippen MR) is 118 cm³/mol. The number of anilines is 2. The number of fused-ring (bicyclic) bond motifs is 2. The van der Waals surface area contributed by atoms with Gasteiger partial charge in [0.05, 0.1) is 17.1 Å². The quantitative estimate of drug-likeness (QED) is 0.636. The third kappa shape index (κ3) is 4.23. The smallest absolute Gasteiger partial charge is 0.265 e. The standard InChI is InChI=1S/C22H21N3O5S/c1-14-22(27)24-19-12-17(8-10-20(19)30-14)23-21(26)13-25(2)31(28,29)18-9-7-15-5-3-4-6-16(15)11-18/h3-12,14H,13H2,1-2H3,(H,23,26)(H,24,27)/t14-/m0/s1. The number of sulfonamides is 1. The summed E-state index contributed by atoms with van der Waals surface area (Å²) in [6, 6.07) is 17.1. The molecular weight excluding hydrogens is 418 g/mol. The van der Waals surface area contributed by atoms with Crippen LogP contribution in [0.15, 0.2) is 65.6 Å². The van der Waals surface area contributed by atoms with E-state index in [1.807, 2.05) is 24.3 Å². The molecule has 0 saturated carbocycles. The Morgan fingerprint density at radius 1 is 1.10 bits per heavy atom. The molecule has 31 heavy (non-hydrogen) atoms. The van der Waals surface area contributed by atoms with E-state index >= 15 is 0 Å². The molecule has 0 bridgehead atoms. The van der Waals surface area contributed by atoms with Crippen LogP contribution in [-0.4, -0.2) is 44.2 Å². The average Bonchev–Trinajstić information content (AvgIpc) is 2.74. The summed E-state index contributed by atoms with van der Waals surface area (Å²) in [5.74, 6) is -0.290. The van der Waals surface area contributed by atoms with E-state index in [0.717, 1.165) is 15.1 Å². The molecule has 0 radical (unpaired) electrons. The second-order valence-electron chi connectivity index (χ2n) is 7.28. The number of hydrogen-bond donors (Lipinski definition) is 2. The number of carbonyl (C=O) groups excluding carboxylic acids is 2. The van der Waals surface area contributed by atoms with Gasteiger partial charge in [-0.25, -0.2) is 8.42 Å². The van der Waals surface area contributed by atoms with Crippen LogP contribution in [0.3, 0.4) is 0 Å². The minimum absolute atomic E-state index is 0.115. The molecule has 1 atom stereocenters. The van der Waals surface area contributed by atoms with Crippen LogP contribution >= 0.6 is 0 Å². The molecule has 0 aliphatic carbocycles. The summed E-state index contributed by atoms with van der Waals surface area (Å²) in [6.45, 7) is 1.27. The summed E-state index contributed by atoms with van der Waals surface area (Å²) in [5, 5.41) is 7.08. The highest BCUT2D eigenvalue weighted by Crippen LogP contribution is 2.32. The van der Waals surface area contributed by atoms with Gasteiger partial charge in [-0.15, -0.1) is 0 Å². The summed E-state index contributed by atoms with van der Waals surface area (Å²) in [6.07, 6.45) is -0.595. The first kappa shape index (κ1) is 20.8. The fourth-order valence-corrected chi connectivity index (χ4v) is 4.45. The van der Waals surface area contributed by atoms with E-state index in [0.29, 0.717) is 17.1 Å². The number of carbonyl (C=O) groups is 2. The van der Waals surface area contributed by atoms with Gasteiger partial charge in [-0.3, -0.25) is 9.59 Å². The van der Waals surface area contributed by atoms with E-state index in [2.05, 4.69) is 10.6 Å². The lowest BCUT2D eigenvalue weighted by Gasteiger charge is -2.24. The normalized spacial score (nSPS) is 15.8. The largest absolute Gasteiger partial charge is 0.479 e. The van der Waals surface area contributed by atoms with Crippen LogP contribution in [0, 0.1) is 0 Å². The predicted octanol–water partition coefficient (Wildman–Crippen LogP) is 2.82. The van der Waals surface area contributed by atoms with Crippen molar-refractivity contribution < 1.29 is 22.7 Å². The van der Waals surface area contributed by atoms with Crippen LogP contribution in [0.2, 0.25) is 0 Å². The number of amides is 2. The van der Waals surface area contributed by atoms with Crippen molar-refractivity contribution in [2.45, 2.75) is 17.9 Å². The van der Waals surface area contributed by atoms with E-state index in [9.17, 15) is 18.0 Å². The highest BCUT2D eigenvalue weighted by Gasteiger charge is 2.25. The fraction of sp³-hybridized carbons (Fsp3) is 0.182. The van der Waals surface area contributed by atoms with Crippen LogP contribution in [0.25, 0.3) is 10.8 Å². The van der Waals surface area contributed by atoms with Crippen LogP contribution in [0.5, 0.6) is 5.75 Å². The zero-order valence-electron chi connectivity index (χ0n) is 17.0. The molecule has 2 N–H and O–H groups in total. The first-order chi connectivity index (χ1) is 14.7. The van der Waals surface area contributed by atoms with Crippen LogP contribution < -0.4 is 15.4 Å². The maximum Gasteiger partial charge on any atom is 0.265 e. The van der Waals surface area contributed by atoms with Crippen molar-refractivity contribution in [3.05, 3.63) is 60.7 Å². The fourth-order valence-electron chi connectivity index (χ4n) is 3.28. The lowest BCUT2D eigenvalue weighted by molar-refractivity contribution is -0.122. The third-order valence-corrected chi connectivity index (χ3v) is 6.79. The molecule has 3 aromatic rings. The first-order valence-corrected chi connectivity index (χ1v) is 11.0. The van der Waals surface area contributed by atoms with Gasteiger partial charge in [0, 0.05) is 12.7 Å².